The molecule has 2 amide bonds. The van der Waals surface area contributed by atoms with Crippen molar-refractivity contribution in [3.63, 3.8) is 0 Å². The molecule has 0 heterocycles. The molecule has 0 saturated heterocycles. The van der Waals surface area contributed by atoms with Gasteiger partial charge in [-0.25, -0.2) is 0 Å². The summed E-state index contributed by atoms with van der Waals surface area (Å²) in [5.41, 5.74) is 2.77. The van der Waals surface area contributed by atoms with Gasteiger partial charge in [0.1, 0.15) is 0 Å². The second-order valence-electron chi connectivity index (χ2n) is 6.04. The maximum absolute atomic E-state index is 12.1. The first kappa shape index (κ1) is 20.3. The summed E-state index contributed by atoms with van der Waals surface area (Å²) >= 11 is 12.0. The molecule has 0 bridgehead atoms. The molecule has 0 aliphatic rings. The third-order valence-electron chi connectivity index (χ3n) is 4.08. The van der Waals surface area contributed by atoms with Crippen LogP contribution in [0.3, 0.4) is 0 Å². The van der Waals surface area contributed by atoms with E-state index < -0.39 is 0 Å². The van der Waals surface area contributed by atoms with E-state index in [1.54, 1.807) is 17.0 Å². The van der Waals surface area contributed by atoms with Gasteiger partial charge in [-0.1, -0.05) is 47.5 Å². The molecule has 0 fully saturated rings. The summed E-state index contributed by atoms with van der Waals surface area (Å²) in [6.45, 7) is 4.27. The van der Waals surface area contributed by atoms with Crippen LogP contribution in [0.5, 0.6) is 0 Å². The van der Waals surface area contributed by atoms with Gasteiger partial charge in [-0.05, 0) is 42.7 Å². The molecule has 0 aliphatic carbocycles. The summed E-state index contributed by atoms with van der Waals surface area (Å²) in [5.74, 6) is -0.185. The Morgan fingerprint density at radius 1 is 1.12 bits per heavy atom. The van der Waals surface area contributed by atoms with Gasteiger partial charge in [0, 0.05) is 42.2 Å². The van der Waals surface area contributed by atoms with Gasteiger partial charge in [-0.2, -0.15) is 0 Å². The predicted octanol–water partition coefficient (Wildman–Crippen LogP) is 4.40. The third-order valence-corrected chi connectivity index (χ3v) is 4.67. The van der Waals surface area contributed by atoms with Crippen LogP contribution in [-0.4, -0.2) is 24.9 Å². The van der Waals surface area contributed by atoms with Gasteiger partial charge in [-0.3, -0.25) is 9.59 Å². The highest BCUT2D eigenvalue weighted by Gasteiger charge is 2.15. The number of rotatable bonds is 7. The molecule has 0 aliphatic heterocycles. The lowest BCUT2D eigenvalue weighted by molar-refractivity contribution is -0.121. The first-order chi connectivity index (χ1) is 12.4. The van der Waals surface area contributed by atoms with E-state index in [0.717, 1.165) is 16.8 Å². The normalized spacial score (nSPS) is 10.5. The lowest BCUT2D eigenvalue weighted by Gasteiger charge is -2.22. The van der Waals surface area contributed by atoms with Gasteiger partial charge in [0.05, 0.1) is 0 Å². The Bertz CT molecular complexity index is 793. The maximum Gasteiger partial charge on any atom is 0.223 e. The Morgan fingerprint density at radius 3 is 2.50 bits per heavy atom. The average Bonchev–Trinajstić information content (AvgIpc) is 2.58. The van der Waals surface area contributed by atoms with Gasteiger partial charge in [0.25, 0.3) is 0 Å². The van der Waals surface area contributed by atoms with E-state index in [4.69, 9.17) is 23.2 Å². The molecule has 4 nitrogen and oxygen atoms in total. The second kappa shape index (κ2) is 9.60. The molecule has 0 unspecified atom stereocenters. The predicted molar refractivity (Wildman–Crippen MR) is 107 cm³/mol. The number of hydrogen-bond acceptors (Lipinski definition) is 2. The van der Waals surface area contributed by atoms with E-state index in [2.05, 4.69) is 5.32 Å². The highest BCUT2D eigenvalue weighted by Crippen LogP contribution is 2.21. The Labute approximate surface area is 164 Å². The number of para-hydroxylation sites is 1. The van der Waals surface area contributed by atoms with Gasteiger partial charge in [-0.15, -0.1) is 0 Å². The topological polar surface area (TPSA) is 49.4 Å². The van der Waals surface area contributed by atoms with Crippen molar-refractivity contribution in [2.24, 2.45) is 0 Å². The van der Waals surface area contributed by atoms with Crippen molar-refractivity contribution in [3.05, 3.63) is 63.6 Å². The van der Waals surface area contributed by atoms with E-state index in [9.17, 15) is 9.59 Å². The number of aryl methyl sites for hydroxylation is 1. The summed E-state index contributed by atoms with van der Waals surface area (Å²) in [6.07, 6.45) is 0.859. The van der Waals surface area contributed by atoms with Crippen LogP contribution < -0.4 is 10.2 Å². The Kier molecular flexibility index (Phi) is 7.49. The van der Waals surface area contributed by atoms with Crippen molar-refractivity contribution in [1.29, 1.82) is 0 Å². The molecular formula is C20H22Cl2N2O2. The number of nitrogens with zero attached hydrogens (tertiary/aromatic N) is 1. The van der Waals surface area contributed by atoms with Crippen LogP contribution in [0.1, 0.15) is 24.5 Å². The second-order valence-corrected chi connectivity index (χ2v) is 6.89. The van der Waals surface area contributed by atoms with E-state index in [-0.39, 0.29) is 18.2 Å². The van der Waals surface area contributed by atoms with Crippen LogP contribution in [0, 0.1) is 6.92 Å². The zero-order valence-electron chi connectivity index (χ0n) is 14.9. The number of carbonyl (C=O) groups is 2. The monoisotopic (exact) mass is 392 g/mol. The van der Waals surface area contributed by atoms with Crippen molar-refractivity contribution in [1.82, 2.24) is 5.32 Å². The van der Waals surface area contributed by atoms with Gasteiger partial charge < -0.3 is 10.2 Å². The molecule has 2 aromatic carbocycles. The number of hydrogen-bond donors (Lipinski definition) is 1. The fraction of sp³-hybridized carbons (Fsp3) is 0.300. The number of carbonyl (C=O) groups excluding carboxylic acids is 2. The van der Waals surface area contributed by atoms with Gasteiger partial charge >= 0.3 is 0 Å². The maximum atomic E-state index is 12.1. The van der Waals surface area contributed by atoms with Crippen LogP contribution in [0.25, 0.3) is 0 Å². The fourth-order valence-corrected chi connectivity index (χ4v) is 3.18. The molecule has 26 heavy (non-hydrogen) atoms. The van der Waals surface area contributed by atoms with E-state index >= 15 is 0 Å². The van der Waals surface area contributed by atoms with Gasteiger partial charge in [0.2, 0.25) is 11.8 Å². The minimum atomic E-state index is -0.102. The number of benzene rings is 2. The first-order valence-electron chi connectivity index (χ1n) is 8.43. The molecule has 2 rings (SSSR count). The van der Waals surface area contributed by atoms with Crippen molar-refractivity contribution < 1.29 is 9.59 Å². The third kappa shape index (κ3) is 5.75. The van der Waals surface area contributed by atoms with Crippen LogP contribution >= 0.6 is 23.2 Å². The highest BCUT2D eigenvalue weighted by molar-refractivity contribution is 6.35. The average molecular weight is 393 g/mol. The smallest absolute Gasteiger partial charge is 0.223 e. The zero-order chi connectivity index (χ0) is 19.1. The summed E-state index contributed by atoms with van der Waals surface area (Å²) in [5, 5.41) is 4.04. The molecule has 2 aromatic rings. The first-order valence-corrected chi connectivity index (χ1v) is 9.18. The van der Waals surface area contributed by atoms with E-state index in [0.29, 0.717) is 29.6 Å². The molecule has 0 saturated carbocycles. The van der Waals surface area contributed by atoms with Crippen molar-refractivity contribution >= 4 is 40.7 Å². The van der Waals surface area contributed by atoms with Crippen molar-refractivity contribution in [3.8, 4) is 0 Å². The number of amides is 2. The lowest BCUT2D eigenvalue weighted by Crippen LogP contribution is -2.34. The quantitative estimate of drug-likeness (QED) is 0.758. The SMILES string of the molecule is CC(=O)N(CCC(=O)NCCc1ccc(Cl)cc1Cl)c1ccccc1C. The molecule has 138 valence electrons. The Hall–Kier alpha value is -2.04. The van der Waals surface area contributed by atoms with E-state index in [1.807, 2.05) is 37.3 Å². The van der Waals surface area contributed by atoms with E-state index in [1.165, 1.54) is 6.92 Å². The summed E-state index contributed by atoms with van der Waals surface area (Å²) in [6, 6.07) is 13.0. The Balaban J connectivity index is 1.85. The standard InChI is InChI=1S/C20H22Cl2N2O2/c1-14-5-3-4-6-19(14)24(15(2)25)12-10-20(26)23-11-9-16-7-8-17(21)13-18(16)22/h3-8,13H,9-12H2,1-2H3,(H,23,26). The van der Waals surface area contributed by atoms with Gasteiger partial charge in [0.15, 0.2) is 0 Å². The summed E-state index contributed by atoms with van der Waals surface area (Å²) in [7, 11) is 0. The van der Waals surface area contributed by atoms with Crippen LogP contribution in [-0.2, 0) is 16.0 Å². The minimum absolute atomic E-state index is 0.0833. The van der Waals surface area contributed by atoms with Crippen LogP contribution in [0.15, 0.2) is 42.5 Å². The molecule has 0 atom stereocenters. The molecular weight excluding hydrogens is 371 g/mol. The largest absolute Gasteiger partial charge is 0.356 e. The number of halogens is 2. The molecule has 0 spiro atoms. The zero-order valence-corrected chi connectivity index (χ0v) is 16.4. The number of nitrogens with one attached hydrogen (secondary N) is 1. The summed E-state index contributed by atoms with van der Waals surface area (Å²) in [4.78, 5) is 25.7. The molecule has 1 N–H and O–H groups in total. The van der Waals surface area contributed by atoms with Crippen LogP contribution in [0.4, 0.5) is 5.69 Å². The Morgan fingerprint density at radius 2 is 1.85 bits per heavy atom. The number of anilines is 1. The van der Waals surface area contributed by atoms with Crippen molar-refractivity contribution in [2.45, 2.75) is 26.7 Å². The van der Waals surface area contributed by atoms with Crippen molar-refractivity contribution in [2.75, 3.05) is 18.0 Å². The lowest BCUT2D eigenvalue weighted by atomic mass is 10.1. The highest BCUT2D eigenvalue weighted by atomic mass is 35.5. The van der Waals surface area contributed by atoms with Crippen LogP contribution in [0.2, 0.25) is 10.0 Å². The molecule has 0 radical (unpaired) electrons. The molecule has 0 aromatic heterocycles. The molecule has 6 heteroatoms. The minimum Gasteiger partial charge on any atom is -0.356 e. The summed E-state index contributed by atoms with van der Waals surface area (Å²) < 4.78 is 0. The fourth-order valence-electron chi connectivity index (χ4n) is 2.68.